The van der Waals surface area contributed by atoms with Gasteiger partial charge in [0.1, 0.15) is 0 Å². The summed E-state index contributed by atoms with van der Waals surface area (Å²) >= 11 is 1.78. The summed E-state index contributed by atoms with van der Waals surface area (Å²) in [4.78, 5) is 12.2. The Morgan fingerprint density at radius 1 is 1.25 bits per heavy atom. The van der Waals surface area contributed by atoms with Crippen LogP contribution in [-0.2, 0) is 4.79 Å². The van der Waals surface area contributed by atoms with Gasteiger partial charge in [-0.2, -0.15) is 0 Å². The van der Waals surface area contributed by atoms with Crippen molar-refractivity contribution in [3.05, 3.63) is 42.5 Å². The highest BCUT2D eigenvalue weighted by Gasteiger charge is 2.34. The summed E-state index contributed by atoms with van der Waals surface area (Å²) in [5, 5.41) is 8.66. The standard InChI is InChI=1S/C16H18N2OS/c1-16(2)18-14(10-20-16)15(19)17-13-8-7-11-5-3-4-6-12(11)9-13/h3-9,14,18H,10H2,1-2H3,(H,17,19)/t14-/m1/s1. The van der Waals surface area contributed by atoms with E-state index in [-0.39, 0.29) is 16.8 Å². The smallest absolute Gasteiger partial charge is 0.242 e. The quantitative estimate of drug-likeness (QED) is 0.890. The molecule has 3 rings (SSSR count). The first-order valence-corrected chi connectivity index (χ1v) is 7.73. The normalized spacial score (nSPS) is 21.0. The van der Waals surface area contributed by atoms with Crippen molar-refractivity contribution in [1.82, 2.24) is 5.32 Å². The van der Waals surface area contributed by atoms with Gasteiger partial charge in [-0.05, 0) is 36.8 Å². The largest absolute Gasteiger partial charge is 0.325 e. The summed E-state index contributed by atoms with van der Waals surface area (Å²) in [6.07, 6.45) is 0. The molecule has 0 aromatic heterocycles. The fourth-order valence-electron chi connectivity index (χ4n) is 2.43. The lowest BCUT2D eigenvalue weighted by Gasteiger charge is -2.18. The topological polar surface area (TPSA) is 41.1 Å². The van der Waals surface area contributed by atoms with Crippen molar-refractivity contribution in [2.45, 2.75) is 24.8 Å². The molecule has 0 unspecified atom stereocenters. The van der Waals surface area contributed by atoms with Crippen molar-refractivity contribution in [3.8, 4) is 0 Å². The maximum Gasteiger partial charge on any atom is 0.242 e. The summed E-state index contributed by atoms with van der Waals surface area (Å²) < 4.78 is 0. The van der Waals surface area contributed by atoms with Crippen LogP contribution in [0.2, 0.25) is 0 Å². The van der Waals surface area contributed by atoms with Crippen molar-refractivity contribution >= 4 is 34.1 Å². The third-order valence-electron chi connectivity index (χ3n) is 3.47. The molecule has 1 heterocycles. The first-order chi connectivity index (χ1) is 9.53. The van der Waals surface area contributed by atoms with Gasteiger partial charge in [0.15, 0.2) is 0 Å². The van der Waals surface area contributed by atoms with Gasteiger partial charge >= 0.3 is 0 Å². The zero-order valence-electron chi connectivity index (χ0n) is 11.6. The molecule has 1 amide bonds. The lowest BCUT2D eigenvalue weighted by atomic mass is 10.1. The van der Waals surface area contributed by atoms with E-state index in [0.29, 0.717) is 0 Å². The fourth-order valence-corrected chi connectivity index (χ4v) is 3.48. The number of hydrogen-bond donors (Lipinski definition) is 2. The average molecular weight is 286 g/mol. The molecule has 2 aromatic rings. The third kappa shape index (κ3) is 2.81. The summed E-state index contributed by atoms with van der Waals surface area (Å²) in [5.74, 6) is 0.852. The van der Waals surface area contributed by atoms with Crippen molar-refractivity contribution in [2.75, 3.05) is 11.1 Å². The SMILES string of the molecule is CC1(C)N[C@@H](C(=O)Nc2ccc3ccccc3c2)CS1. The molecule has 4 heteroatoms. The minimum atomic E-state index is -0.124. The average Bonchev–Trinajstić information content (AvgIpc) is 2.79. The second-order valence-electron chi connectivity index (χ2n) is 5.57. The van der Waals surface area contributed by atoms with Gasteiger partial charge in [0.05, 0.1) is 10.9 Å². The molecule has 0 aliphatic carbocycles. The van der Waals surface area contributed by atoms with Crippen LogP contribution in [0.3, 0.4) is 0 Å². The predicted molar refractivity (Wildman–Crippen MR) is 86.0 cm³/mol. The lowest BCUT2D eigenvalue weighted by molar-refractivity contribution is -0.117. The first-order valence-electron chi connectivity index (χ1n) is 6.75. The van der Waals surface area contributed by atoms with E-state index in [2.05, 4.69) is 36.6 Å². The van der Waals surface area contributed by atoms with Crippen molar-refractivity contribution in [2.24, 2.45) is 0 Å². The van der Waals surface area contributed by atoms with Gasteiger partial charge in [-0.1, -0.05) is 30.3 Å². The van der Waals surface area contributed by atoms with E-state index in [1.807, 2.05) is 30.3 Å². The lowest BCUT2D eigenvalue weighted by Crippen LogP contribution is -2.43. The molecule has 2 N–H and O–H groups in total. The molecule has 20 heavy (non-hydrogen) atoms. The monoisotopic (exact) mass is 286 g/mol. The number of carbonyl (C=O) groups excluding carboxylic acids is 1. The first kappa shape index (κ1) is 13.5. The summed E-state index contributed by atoms with van der Waals surface area (Å²) in [6.45, 7) is 4.20. The fraction of sp³-hybridized carbons (Fsp3) is 0.312. The van der Waals surface area contributed by atoms with Crippen molar-refractivity contribution < 1.29 is 4.79 Å². The Balaban J connectivity index is 1.74. The molecule has 0 radical (unpaired) electrons. The molecule has 1 saturated heterocycles. The van der Waals surface area contributed by atoms with Gasteiger partial charge in [-0.25, -0.2) is 0 Å². The Kier molecular flexibility index (Phi) is 3.44. The maximum absolute atomic E-state index is 12.3. The predicted octanol–water partition coefficient (Wildman–Crippen LogP) is 3.22. The number of anilines is 1. The number of thioether (sulfide) groups is 1. The number of benzene rings is 2. The number of amides is 1. The molecule has 1 atom stereocenters. The van der Waals surface area contributed by atoms with Crippen LogP contribution in [0.25, 0.3) is 10.8 Å². The van der Waals surface area contributed by atoms with E-state index in [9.17, 15) is 4.79 Å². The Labute approximate surface area is 123 Å². The highest BCUT2D eigenvalue weighted by atomic mass is 32.2. The van der Waals surface area contributed by atoms with E-state index in [0.717, 1.165) is 16.8 Å². The van der Waals surface area contributed by atoms with Gasteiger partial charge in [-0.3, -0.25) is 10.1 Å². The number of fused-ring (bicyclic) bond motifs is 1. The van der Waals surface area contributed by atoms with E-state index in [1.165, 1.54) is 5.39 Å². The van der Waals surface area contributed by atoms with Crippen LogP contribution in [0.5, 0.6) is 0 Å². The Morgan fingerprint density at radius 3 is 2.70 bits per heavy atom. The zero-order valence-corrected chi connectivity index (χ0v) is 12.5. The molecule has 1 fully saturated rings. The number of nitrogens with one attached hydrogen (secondary N) is 2. The van der Waals surface area contributed by atoms with E-state index in [1.54, 1.807) is 11.8 Å². The van der Waals surface area contributed by atoms with Crippen molar-refractivity contribution in [1.29, 1.82) is 0 Å². The summed E-state index contributed by atoms with van der Waals surface area (Å²) in [5.41, 5.74) is 0.852. The molecular formula is C16H18N2OS. The van der Waals surface area contributed by atoms with Gasteiger partial charge in [0.25, 0.3) is 0 Å². The van der Waals surface area contributed by atoms with Gasteiger partial charge < -0.3 is 5.32 Å². The molecule has 0 bridgehead atoms. The van der Waals surface area contributed by atoms with Crippen molar-refractivity contribution in [3.63, 3.8) is 0 Å². The molecule has 0 saturated carbocycles. The second kappa shape index (κ2) is 5.11. The van der Waals surface area contributed by atoms with Crippen LogP contribution in [0.1, 0.15) is 13.8 Å². The summed E-state index contributed by atoms with van der Waals surface area (Å²) in [6, 6.07) is 14.0. The minimum Gasteiger partial charge on any atom is -0.325 e. The van der Waals surface area contributed by atoms with E-state index >= 15 is 0 Å². The highest BCUT2D eigenvalue weighted by Crippen LogP contribution is 2.29. The van der Waals surface area contributed by atoms with Crippen LogP contribution < -0.4 is 10.6 Å². The number of carbonyl (C=O) groups is 1. The molecule has 0 spiro atoms. The Morgan fingerprint density at radius 2 is 2.00 bits per heavy atom. The maximum atomic E-state index is 12.3. The van der Waals surface area contributed by atoms with Crippen LogP contribution in [-0.4, -0.2) is 22.6 Å². The Hall–Kier alpha value is -1.52. The zero-order chi connectivity index (χ0) is 14.2. The van der Waals surface area contributed by atoms with Gasteiger partial charge in [-0.15, -0.1) is 11.8 Å². The van der Waals surface area contributed by atoms with Gasteiger partial charge in [0, 0.05) is 11.4 Å². The minimum absolute atomic E-state index is 0.0224. The van der Waals surface area contributed by atoms with E-state index in [4.69, 9.17) is 0 Å². The van der Waals surface area contributed by atoms with Gasteiger partial charge in [0.2, 0.25) is 5.91 Å². The molecule has 1 aliphatic rings. The van der Waals surface area contributed by atoms with Crippen LogP contribution in [0.4, 0.5) is 5.69 Å². The number of hydrogen-bond acceptors (Lipinski definition) is 3. The molecule has 1 aliphatic heterocycles. The van der Waals surface area contributed by atoms with Crippen LogP contribution >= 0.6 is 11.8 Å². The van der Waals surface area contributed by atoms with Crippen LogP contribution in [0, 0.1) is 0 Å². The Bertz CT molecular complexity index is 654. The van der Waals surface area contributed by atoms with Crippen LogP contribution in [0.15, 0.2) is 42.5 Å². The summed E-state index contributed by atoms with van der Waals surface area (Å²) in [7, 11) is 0. The number of rotatable bonds is 2. The second-order valence-corrected chi connectivity index (χ2v) is 7.21. The van der Waals surface area contributed by atoms with E-state index < -0.39 is 0 Å². The highest BCUT2D eigenvalue weighted by molar-refractivity contribution is 8.00. The molecule has 104 valence electrons. The third-order valence-corrected chi connectivity index (χ3v) is 4.81. The molecule has 2 aromatic carbocycles. The molecular weight excluding hydrogens is 268 g/mol. The molecule has 3 nitrogen and oxygen atoms in total.